The van der Waals surface area contributed by atoms with E-state index in [1.165, 1.54) is 5.57 Å². The maximum Gasteiger partial charge on any atom is 0.220 e. The summed E-state index contributed by atoms with van der Waals surface area (Å²) in [6, 6.07) is 0. The number of carbonyl (C=O) groups is 1. The molecule has 1 amide bonds. The second-order valence-corrected chi connectivity index (χ2v) is 2.99. The number of hydrogen-bond donors (Lipinski definition) is 1. The van der Waals surface area contributed by atoms with Gasteiger partial charge in [0, 0.05) is 19.4 Å². The van der Waals surface area contributed by atoms with Crippen LogP contribution in [0.3, 0.4) is 0 Å². The van der Waals surface area contributed by atoms with Gasteiger partial charge in [-0.3, -0.25) is 4.79 Å². The summed E-state index contributed by atoms with van der Waals surface area (Å²) in [5.41, 5.74) is 1.17. The van der Waals surface area contributed by atoms with Crippen LogP contribution < -0.4 is 5.32 Å². The van der Waals surface area contributed by atoms with E-state index < -0.39 is 0 Å². The average molecular weight is 181 g/mol. The Bertz CT molecular complexity index is 243. The second kappa shape index (κ2) is 4.70. The molecule has 0 aliphatic carbocycles. The number of ether oxygens (including phenoxy) is 1. The highest BCUT2D eigenvalue weighted by atomic mass is 16.5. The molecule has 0 fully saturated rings. The molecule has 0 radical (unpaired) electrons. The van der Waals surface area contributed by atoms with Crippen LogP contribution in [0.4, 0.5) is 0 Å². The summed E-state index contributed by atoms with van der Waals surface area (Å²) in [5, 5.41) is 2.62. The van der Waals surface area contributed by atoms with Crippen molar-refractivity contribution >= 4 is 5.91 Å². The van der Waals surface area contributed by atoms with Crippen molar-refractivity contribution in [3.63, 3.8) is 0 Å². The number of amides is 1. The van der Waals surface area contributed by atoms with Crippen molar-refractivity contribution in [2.24, 2.45) is 5.92 Å². The van der Waals surface area contributed by atoms with Crippen molar-refractivity contribution in [1.29, 1.82) is 0 Å². The van der Waals surface area contributed by atoms with Crippen LogP contribution in [0.25, 0.3) is 0 Å². The normalized spacial score (nSPS) is 20.5. The Morgan fingerprint density at radius 3 is 3.08 bits per heavy atom. The van der Waals surface area contributed by atoms with Crippen LogP contribution in [0.15, 0.2) is 24.2 Å². The van der Waals surface area contributed by atoms with Gasteiger partial charge in [-0.2, -0.15) is 0 Å². The molecule has 3 nitrogen and oxygen atoms in total. The number of hydrogen-bond acceptors (Lipinski definition) is 2. The van der Waals surface area contributed by atoms with Gasteiger partial charge >= 0.3 is 0 Å². The van der Waals surface area contributed by atoms with Gasteiger partial charge in [-0.25, -0.2) is 0 Å². The van der Waals surface area contributed by atoms with Crippen LogP contribution in [0.1, 0.15) is 19.8 Å². The van der Waals surface area contributed by atoms with Crippen LogP contribution >= 0.6 is 0 Å². The third-order valence-electron chi connectivity index (χ3n) is 2.18. The smallest absolute Gasteiger partial charge is 0.220 e. The van der Waals surface area contributed by atoms with Gasteiger partial charge in [0.15, 0.2) is 0 Å². The van der Waals surface area contributed by atoms with Gasteiger partial charge < -0.3 is 10.1 Å². The maximum atomic E-state index is 11.1. The van der Waals surface area contributed by atoms with Gasteiger partial charge in [0.2, 0.25) is 5.91 Å². The van der Waals surface area contributed by atoms with E-state index in [1.807, 2.05) is 6.08 Å². The molecule has 1 N–H and O–H groups in total. The Hall–Kier alpha value is -1.25. The van der Waals surface area contributed by atoms with Gasteiger partial charge in [0.1, 0.15) is 0 Å². The van der Waals surface area contributed by atoms with E-state index in [0.717, 1.165) is 6.42 Å². The third-order valence-corrected chi connectivity index (χ3v) is 2.18. The van der Waals surface area contributed by atoms with E-state index >= 15 is 0 Å². The summed E-state index contributed by atoms with van der Waals surface area (Å²) < 4.78 is 5.04. The molecule has 0 aromatic rings. The van der Waals surface area contributed by atoms with Gasteiger partial charge in [0.25, 0.3) is 0 Å². The molecule has 72 valence electrons. The molecule has 1 heterocycles. The molecule has 0 aromatic carbocycles. The van der Waals surface area contributed by atoms with Gasteiger partial charge in [-0.15, -0.1) is 0 Å². The lowest BCUT2D eigenvalue weighted by Gasteiger charge is -2.17. The Balaban J connectivity index is 2.56. The lowest BCUT2D eigenvalue weighted by Crippen LogP contribution is -2.22. The van der Waals surface area contributed by atoms with Gasteiger partial charge in [0.05, 0.1) is 12.5 Å². The Morgan fingerprint density at radius 2 is 2.46 bits per heavy atom. The fourth-order valence-corrected chi connectivity index (χ4v) is 1.32. The molecule has 0 bridgehead atoms. The first-order valence-electron chi connectivity index (χ1n) is 4.49. The largest absolute Gasteiger partial charge is 0.473 e. The molecule has 1 atom stereocenters. The zero-order valence-corrected chi connectivity index (χ0v) is 8.04. The predicted molar refractivity (Wildman–Crippen MR) is 50.8 cm³/mol. The molecular formula is C10H15NO2. The fraction of sp³-hybridized carbons (Fsp3) is 0.500. The zero-order valence-electron chi connectivity index (χ0n) is 8.04. The first-order chi connectivity index (χ1) is 6.27. The fourth-order valence-electron chi connectivity index (χ4n) is 1.32. The topological polar surface area (TPSA) is 38.3 Å². The van der Waals surface area contributed by atoms with Crippen molar-refractivity contribution in [3.05, 3.63) is 24.2 Å². The summed E-state index contributed by atoms with van der Waals surface area (Å²) in [6.45, 7) is 2.06. The van der Waals surface area contributed by atoms with E-state index in [2.05, 4.69) is 12.2 Å². The van der Waals surface area contributed by atoms with E-state index in [4.69, 9.17) is 4.74 Å². The lowest BCUT2D eigenvalue weighted by atomic mass is 9.93. The molecule has 0 saturated carbocycles. The molecular weight excluding hydrogens is 166 g/mol. The monoisotopic (exact) mass is 181 g/mol. The highest BCUT2D eigenvalue weighted by molar-refractivity contribution is 5.76. The molecule has 1 unspecified atom stereocenters. The predicted octanol–water partition coefficient (Wildman–Crippen LogP) is 1.58. The minimum absolute atomic E-state index is 0.0656. The van der Waals surface area contributed by atoms with Crippen LogP contribution in [-0.4, -0.2) is 13.0 Å². The molecule has 0 spiro atoms. The Kier molecular flexibility index (Phi) is 3.55. The summed E-state index contributed by atoms with van der Waals surface area (Å²) >= 11 is 0. The summed E-state index contributed by atoms with van der Waals surface area (Å²) in [4.78, 5) is 11.1. The highest BCUT2D eigenvalue weighted by Gasteiger charge is 2.16. The van der Waals surface area contributed by atoms with E-state index in [0.29, 0.717) is 6.42 Å². The Morgan fingerprint density at radius 1 is 1.69 bits per heavy atom. The van der Waals surface area contributed by atoms with Crippen molar-refractivity contribution in [1.82, 2.24) is 5.32 Å². The van der Waals surface area contributed by atoms with Gasteiger partial charge in [-0.05, 0) is 18.1 Å². The number of rotatable bonds is 3. The summed E-state index contributed by atoms with van der Waals surface area (Å²) in [7, 11) is 1.65. The first kappa shape index (κ1) is 9.84. The lowest BCUT2D eigenvalue weighted by molar-refractivity contribution is -0.121. The minimum Gasteiger partial charge on any atom is -0.473 e. The minimum atomic E-state index is 0.0656. The number of carbonyl (C=O) groups excluding carboxylic acids is 1. The van der Waals surface area contributed by atoms with Gasteiger partial charge in [-0.1, -0.05) is 6.92 Å². The van der Waals surface area contributed by atoms with E-state index in [9.17, 15) is 4.79 Å². The van der Waals surface area contributed by atoms with Crippen LogP contribution in [-0.2, 0) is 9.53 Å². The van der Waals surface area contributed by atoms with Crippen molar-refractivity contribution < 1.29 is 9.53 Å². The van der Waals surface area contributed by atoms with E-state index in [-0.39, 0.29) is 11.8 Å². The summed E-state index contributed by atoms with van der Waals surface area (Å²) in [6.07, 6.45) is 6.72. The first-order valence-corrected chi connectivity index (χ1v) is 4.49. The maximum absolute atomic E-state index is 11.1. The molecule has 0 aromatic heterocycles. The molecule has 1 aliphatic rings. The Labute approximate surface area is 78.5 Å². The number of allylic oxidation sites excluding steroid dienone is 2. The van der Waals surface area contributed by atoms with Crippen LogP contribution in [0.5, 0.6) is 0 Å². The SMILES string of the molecule is CCC1=COC=CC1CC(=O)NC. The van der Waals surface area contributed by atoms with Crippen molar-refractivity contribution in [2.45, 2.75) is 19.8 Å². The van der Waals surface area contributed by atoms with Crippen molar-refractivity contribution in [2.75, 3.05) is 7.05 Å². The van der Waals surface area contributed by atoms with Crippen molar-refractivity contribution in [3.8, 4) is 0 Å². The van der Waals surface area contributed by atoms with Crippen LogP contribution in [0, 0.1) is 5.92 Å². The van der Waals surface area contributed by atoms with Crippen LogP contribution in [0.2, 0.25) is 0 Å². The molecule has 3 heteroatoms. The standard InChI is InChI=1S/C10H15NO2/c1-3-8-7-13-5-4-9(8)6-10(12)11-2/h4-5,7,9H,3,6H2,1-2H3,(H,11,12). The molecule has 1 aliphatic heterocycles. The highest BCUT2D eigenvalue weighted by Crippen LogP contribution is 2.23. The average Bonchev–Trinajstić information content (AvgIpc) is 2.18. The number of nitrogens with one attached hydrogen (secondary N) is 1. The molecule has 13 heavy (non-hydrogen) atoms. The molecule has 1 rings (SSSR count). The van der Waals surface area contributed by atoms with E-state index in [1.54, 1.807) is 19.6 Å². The molecule has 0 saturated heterocycles. The summed E-state index contributed by atoms with van der Waals surface area (Å²) in [5.74, 6) is 0.273. The zero-order chi connectivity index (χ0) is 9.68. The third kappa shape index (κ3) is 2.61. The second-order valence-electron chi connectivity index (χ2n) is 2.99. The quantitative estimate of drug-likeness (QED) is 0.717.